The summed E-state index contributed by atoms with van der Waals surface area (Å²) in [5.41, 5.74) is 2.99. The van der Waals surface area contributed by atoms with E-state index in [0.29, 0.717) is 13.0 Å². The maximum Gasteiger partial charge on any atom is 0.243 e. The van der Waals surface area contributed by atoms with E-state index in [1.54, 1.807) is 6.92 Å². The fourth-order valence-corrected chi connectivity index (χ4v) is 3.06. The molecule has 2 aromatic rings. The number of aliphatic hydroxyl groups is 1. The number of rotatable bonds is 5. The molecule has 1 aromatic heterocycles. The summed E-state index contributed by atoms with van der Waals surface area (Å²) in [5.74, 6) is -0.310. The van der Waals surface area contributed by atoms with Gasteiger partial charge in [-0.25, -0.2) is 0 Å². The summed E-state index contributed by atoms with van der Waals surface area (Å²) in [4.78, 5) is 24.0. The van der Waals surface area contributed by atoms with Gasteiger partial charge in [-0.2, -0.15) is 0 Å². The van der Waals surface area contributed by atoms with Crippen molar-refractivity contribution < 1.29 is 14.7 Å². The number of fused-ring (bicyclic) bond motifs is 1. The number of benzene rings is 1. The lowest BCUT2D eigenvalue weighted by molar-refractivity contribution is -0.136. The van der Waals surface area contributed by atoms with Crippen LogP contribution in [-0.4, -0.2) is 40.2 Å². The molecule has 2 atom stereocenters. The van der Waals surface area contributed by atoms with Crippen molar-refractivity contribution in [3.05, 3.63) is 47.7 Å². The second-order valence-electron chi connectivity index (χ2n) is 6.53. The predicted molar refractivity (Wildman–Crippen MR) is 96.0 cm³/mol. The number of aromatic nitrogens is 1. The Morgan fingerprint density at radius 1 is 1.24 bits per heavy atom. The van der Waals surface area contributed by atoms with Gasteiger partial charge in [-0.15, -0.1) is 0 Å². The van der Waals surface area contributed by atoms with Gasteiger partial charge in [0.05, 0.1) is 6.61 Å². The highest BCUT2D eigenvalue weighted by molar-refractivity contribution is 5.97. The molecule has 0 aliphatic carbocycles. The number of carbonyl (C=O) groups is 2. The van der Waals surface area contributed by atoms with E-state index < -0.39 is 12.1 Å². The van der Waals surface area contributed by atoms with Crippen LogP contribution in [0, 0.1) is 0 Å². The highest BCUT2D eigenvalue weighted by atomic mass is 16.3. The lowest BCUT2D eigenvalue weighted by Gasteiger charge is -2.27. The van der Waals surface area contributed by atoms with E-state index in [-0.39, 0.29) is 18.4 Å². The van der Waals surface area contributed by atoms with Crippen LogP contribution in [0.3, 0.4) is 0 Å². The van der Waals surface area contributed by atoms with Crippen LogP contribution in [0.15, 0.2) is 42.1 Å². The summed E-state index contributed by atoms with van der Waals surface area (Å²) in [6.07, 6.45) is 4.44. The quantitative estimate of drug-likeness (QED) is 0.713. The largest absolute Gasteiger partial charge is 0.392 e. The normalized spacial score (nSPS) is 21.3. The average molecular weight is 341 g/mol. The van der Waals surface area contributed by atoms with Crippen molar-refractivity contribution in [1.29, 1.82) is 0 Å². The summed E-state index contributed by atoms with van der Waals surface area (Å²) in [7, 11) is 0. The first-order chi connectivity index (χ1) is 12.0. The van der Waals surface area contributed by atoms with Crippen molar-refractivity contribution in [2.24, 2.45) is 0 Å². The fourth-order valence-electron chi connectivity index (χ4n) is 3.06. The molecule has 1 aliphatic heterocycles. The zero-order valence-electron chi connectivity index (χ0n) is 14.5. The molecule has 1 saturated heterocycles. The number of allylic oxidation sites excluding steroid dienone is 1. The molecule has 3 rings (SSSR count). The average Bonchev–Trinajstić information content (AvgIpc) is 2.95. The van der Waals surface area contributed by atoms with Gasteiger partial charge in [0.2, 0.25) is 11.8 Å². The Kier molecular flexibility index (Phi) is 4.90. The number of hydrogen-bond acceptors (Lipinski definition) is 3. The standard InChI is InChI=1S/C19H23N3O3/c1-12(11-23)7-8-22-10-14(15-5-3-4-6-17(15)22)9-16-19(25)20-13(2)18(24)21-16/h3-7,10,13,16,23H,8-9,11H2,1-2H3,(H,20,25)(H,21,24). The molecule has 1 aliphatic rings. The van der Waals surface area contributed by atoms with Crippen LogP contribution in [0.4, 0.5) is 0 Å². The molecule has 0 bridgehead atoms. The minimum Gasteiger partial charge on any atom is -0.392 e. The third-order valence-corrected chi connectivity index (χ3v) is 4.57. The zero-order valence-corrected chi connectivity index (χ0v) is 14.5. The summed E-state index contributed by atoms with van der Waals surface area (Å²) < 4.78 is 2.09. The molecule has 0 spiro atoms. The summed E-state index contributed by atoms with van der Waals surface area (Å²) >= 11 is 0. The maximum atomic E-state index is 12.2. The number of piperazine rings is 1. The monoisotopic (exact) mass is 341 g/mol. The lowest BCUT2D eigenvalue weighted by atomic mass is 10.0. The maximum absolute atomic E-state index is 12.2. The molecule has 6 heteroatoms. The number of hydrogen-bond donors (Lipinski definition) is 3. The molecule has 2 heterocycles. The molecule has 1 aromatic carbocycles. The van der Waals surface area contributed by atoms with Gasteiger partial charge in [0.25, 0.3) is 0 Å². The number of nitrogens with one attached hydrogen (secondary N) is 2. The summed E-state index contributed by atoms with van der Waals surface area (Å²) in [6.45, 7) is 4.24. The molecule has 6 nitrogen and oxygen atoms in total. The molecule has 0 radical (unpaired) electrons. The number of nitrogens with zero attached hydrogens (tertiary/aromatic N) is 1. The van der Waals surface area contributed by atoms with Gasteiger partial charge >= 0.3 is 0 Å². The first kappa shape index (κ1) is 17.2. The number of amides is 2. The summed E-state index contributed by atoms with van der Waals surface area (Å²) in [5, 5.41) is 15.7. The van der Waals surface area contributed by atoms with Gasteiger partial charge in [-0.05, 0) is 25.5 Å². The van der Waals surface area contributed by atoms with E-state index >= 15 is 0 Å². The second-order valence-corrected chi connectivity index (χ2v) is 6.53. The van der Waals surface area contributed by atoms with Crippen molar-refractivity contribution in [2.75, 3.05) is 6.61 Å². The van der Waals surface area contributed by atoms with E-state index in [9.17, 15) is 9.59 Å². The first-order valence-corrected chi connectivity index (χ1v) is 8.43. The van der Waals surface area contributed by atoms with Crippen molar-refractivity contribution in [1.82, 2.24) is 15.2 Å². The van der Waals surface area contributed by atoms with Crippen molar-refractivity contribution >= 4 is 22.7 Å². The van der Waals surface area contributed by atoms with Crippen LogP contribution in [0.25, 0.3) is 10.9 Å². The van der Waals surface area contributed by atoms with Crippen LogP contribution >= 0.6 is 0 Å². The molecule has 2 amide bonds. The van der Waals surface area contributed by atoms with Gasteiger partial charge < -0.3 is 20.3 Å². The molecule has 25 heavy (non-hydrogen) atoms. The van der Waals surface area contributed by atoms with E-state index in [1.807, 2.05) is 43.5 Å². The predicted octanol–water partition coefficient (Wildman–Crippen LogP) is 1.13. The van der Waals surface area contributed by atoms with Crippen LogP contribution in [0.1, 0.15) is 19.4 Å². The Morgan fingerprint density at radius 2 is 2.00 bits per heavy atom. The smallest absolute Gasteiger partial charge is 0.243 e. The Hall–Kier alpha value is -2.60. The van der Waals surface area contributed by atoms with Gasteiger partial charge in [-0.3, -0.25) is 9.59 Å². The zero-order chi connectivity index (χ0) is 18.0. The summed E-state index contributed by atoms with van der Waals surface area (Å²) in [6, 6.07) is 6.95. The molecule has 1 fully saturated rings. The second kappa shape index (κ2) is 7.11. The lowest BCUT2D eigenvalue weighted by Crippen LogP contribution is -2.61. The highest BCUT2D eigenvalue weighted by Gasteiger charge is 2.31. The fraction of sp³-hybridized carbons (Fsp3) is 0.368. The van der Waals surface area contributed by atoms with Crippen molar-refractivity contribution in [2.45, 2.75) is 38.9 Å². The van der Waals surface area contributed by atoms with Gasteiger partial charge in [-0.1, -0.05) is 29.8 Å². The molecular formula is C19H23N3O3. The molecule has 2 unspecified atom stereocenters. The van der Waals surface area contributed by atoms with Crippen LogP contribution in [0.2, 0.25) is 0 Å². The molecule has 3 N–H and O–H groups in total. The Morgan fingerprint density at radius 3 is 2.76 bits per heavy atom. The third kappa shape index (κ3) is 3.58. The van der Waals surface area contributed by atoms with Gasteiger partial charge in [0, 0.05) is 30.1 Å². The van der Waals surface area contributed by atoms with Crippen LogP contribution < -0.4 is 10.6 Å². The third-order valence-electron chi connectivity index (χ3n) is 4.57. The Balaban J connectivity index is 1.89. The van der Waals surface area contributed by atoms with E-state index in [0.717, 1.165) is 22.0 Å². The number of carbonyl (C=O) groups excluding carboxylic acids is 2. The topological polar surface area (TPSA) is 83.4 Å². The molecular weight excluding hydrogens is 318 g/mol. The Labute approximate surface area is 146 Å². The highest BCUT2D eigenvalue weighted by Crippen LogP contribution is 2.23. The van der Waals surface area contributed by atoms with Gasteiger partial charge in [0.1, 0.15) is 12.1 Å². The van der Waals surface area contributed by atoms with Crippen molar-refractivity contribution in [3.63, 3.8) is 0 Å². The first-order valence-electron chi connectivity index (χ1n) is 8.43. The SMILES string of the molecule is CC(=CCn1cc(CC2NC(=O)C(C)NC2=O)c2ccccc21)CO. The van der Waals surface area contributed by atoms with Crippen LogP contribution in [0.5, 0.6) is 0 Å². The number of aliphatic hydroxyl groups excluding tert-OH is 1. The van der Waals surface area contributed by atoms with E-state index in [1.165, 1.54) is 0 Å². The van der Waals surface area contributed by atoms with E-state index in [2.05, 4.69) is 15.2 Å². The van der Waals surface area contributed by atoms with Crippen molar-refractivity contribution in [3.8, 4) is 0 Å². The minimum atomic E-state index is -0.558. The van der Waals surface area contributed by atoms with Crippen LogP contribution in [-0.2, 0) is 22.6 Å². The Bertz CT molecular complexity index is 838. The van der Waals surface area contributed by atoms with E-state index in [4.69, 9.17) is 5.11 Å². The van der Waals surface area contributed by atoms with Gasteiger partial charge in [0.15, 0.2) is 0 Å². The molecule has 132 valence electrons. The minimum absolute atomic E-state index is 0.0402. The number of para-hydroxylation sites is 1. The molecule has 0 saturated carbocycles.